The van der Waals surface area contributed by atoms with Crippen molar-refractivity contribution in [1.82, 2.24) is 5.32 Å². The Kier molecular flexibility index (Phi) is 7.04. The second-order valence-corrected chi connectivity index (χ2v) is 9.84. The van der Waals surface area contributed by atoms with Gasteiger partial charge in [0.15, 0.2) is 0 Å². The Morgan fingerprint density at radius 1 is 1.07 bits per heavy atom. The van der Waals surface area contributed by atoms with Gasteiger partial charge in [-0.1, -0.05) is 51.1 Å². The maximum atomic E-state index is 12.2. The van der Waals surface area contributed by atoms with E-state index in [9.17, 15) is 18.5 Å². The zero-order chi connectivity index (χ0) is 21.7. The van der Waals surface area contributed by atoms with Crippen molar-refractivity contribution in [2.75, 3.05) is 11.0 Å². The minimum absolute atomic E-state index is 0.0817. The number of amides is 1. The largest absolute Gasteiger partial charge is 0.352 e. The summed E-state index contributed by atoms with van der Waals surface area (Å²) in [5, 5.41) is 12.1. The third-order valence-corrected chi connectivity index (χ3v) is 5.04. The number of sulfonamides is 1. The number of rotatable bonds is 7. The van der Waals surface area contributed by atoms with Crippen LogP contribution in [0, 0.1) is 11.3 Å². The molecular formula is C22H27N3O3S. The summed E-state index contributed by atoms with van der Waals surface area (Å²) in [5.74, 6) is -0.0817. The third-order valence-electron chi connectivity index (χ3n) is 4.45. The minimum Gasteiger partial charge on any atom is -0.352 e. The summed E-state index contributed by atoms with van der Waals surface area (Å²) in [6, 6.07) is 15.1. The van der Waals surface area contributed by atoms with E-state index in [0.29, 0.717) is 12.8 Å². The lowest BCUT2D eigenvalue weighted by Crippen LogP contribution is -2.23. The number of anilines is 1. The molecule has 1 amide bonds. The first kappa shape index (κ1) is 22.4. The van der Waals surface area contributed by atoms with Crippen molar-refractivity contribution in [2.24, 2.45) is 0 Å². The monoisotopic (exact) mass is 413 g/mol. The fraction of sp³-hybridized carbons (Fsp3) is 0.364. The fourth-order valence-corrected chi connectivity index (χ4v) is 3.38. The van der Waals surface area contributed by atoms with E-state index in [2.05, 4.69) is 55.1 Å². The van der Waals surface area contributed by atoms with Crippen molar-refractivity contribution in [2.45, 2.75) is 45.6 Å². The highest BCUT2D eigenvalue weighted by Gasteiger charge is 2.13. The summed E-state index contributed by atoms with van der Waals surface area (Å²) in [4.78, 5) is 12.2. The minimum atomic E-state index is -3.46. The number of nitriles is 1. The van der Waals surface area contributed by atoms with Crippen molar-refractivity contribution in [1.29, 1.82) is 5.26 Å². The van der Waals surface area contributed by atoms with E-state index in [1.807, 2.05) is 6.07 Å². The summed E-state index contributed by atoms with van der Waals surface area (Å²) in [5.41, 5.74) is 3.63. The van der Waals surface area contributed by atoms with Gasteiger partial charge in [-0.15, -0.1) is 0 Å². The Morgan fingerprint density at radius 2 is 1.69 bits per heavy atom. The van der Waals surface area contributed by atoms with Gasteiger partial charge < -0.3 is 5.32 Å². The molecule has 0 aliphatic heterocycles. The molecule has 0 atom stereocenters. The van der Waals surface area contributed by atoms with Crippen LogP contribution in [0.4, 0.5) is 5.69 Å². The van der Waals surface area contributed by atoms with Gasteiger partial charge in [-0.3, -0.25) is 9.52 Å². The molecule has 0 heterocycles. The van der Waals surface area contributed by atoms with E-state index in [1.54, 1.807) is 12.1 Å². The predicted molar refractivity (Wildman–Crippen MR) is 115 cm³/mol. The van der Waals surface area contributed by atoms with Crippen LogP contribution in [0.2, 0.25) is 0 Å². The van der Waals surface area contributed by atoms with E-state index in [-0.39, 0.29) is 29.1 Å². The molecule has 2 aromatic rings. The molecule has 2 aromatic carbocycles. The maximum Gasteiger partial charge on any atom is 0.229 e. The number of benzene rings is 2. The van der Waals surface area contributed by atoms with Crippen molar-refractivity contribution in [3.05, 3.63) is 64.7 Å². The Hall–Kier alpha value is -2.85. The lowest BCUT2D eigenvalue weighted by Gasteiger charge is -2.19. The molecule has 7 heteroatoms. The van der Waals surface area contributed by atoms with Gasteiger partial charge in [0.1, 0.15) is 6.07 Å². The van der Waals surface area contributed by atoms with Gasteiger partial charge >= 0.3 is 0 Å². The molecule has 0 saturated carbocycles. The molecule has 2 N–H and O–H groups in total. The van der Waals surface area contributed by atoms with Crippen LogP contribution in [0.1, 0.15) is 49.4 Å². The molecule has 29 heavy (non-hydrogen) atoms. The van der Waals surface area contributed by atoms with E-state index >= 15 is 0 Å². The highest BCUT2D eigenvalue weighted by atomic mass is 32.2. The number of carbonyl (C=O) groups is 1. The van der Waals surface area contributed by atoms with Crippen LogP contribution in [0.25, 0.3) is 0 Å². The van der Waals surface area contributed by atoms with Gasteiger partial charge in [-0.25, -0.2) is 8.42 Å². The van der Waals surface area contributed by atoms with E-state index in [0.717, 1.165) is 17.4 Å². The molecule has 0 radical (unpaired) electrons. The lowest BCUT2D eigenvalue weighted by molar-refractivity contribution is -0.121. The molecule has 0 bridgehead atoms. The molecule has 0 aromatic heterocycles. The van der Waals surface area contributed by atoms with Crippen LogP contribution < -0.4 is 10.0 Å². The summed E-state index contributed by atoms with van der Waals surface area (Å²) >= 11 is 0. The van der Waals surface area contributed by atoms with E-state index in [4.69, 9.17) is 0 Å². The highest BCUT2D eigenvalue weighted by Crippen LogP contribution is 2.22. The van der Waals surface area contributed by atoms with Gasteiger partial charge in [-0.05, 0) is 40.7 Å². The lowest BCUT2D eigenvalue weighted by atomic mass is 9.86. The zero-order valence-electron chi connectivity index (χ0n) is 17.2. The van der Waals surface area contributed by atoms with Gasteiger partial charge in [0.05, 0.1) is 17.5 Å². The van der Waals surface area contributed by atoms with Crippen LogP contribution in [-0.2, 0) is 33.2 Å². The molecule has 6 nitrogen and oxygen atoms in total. The third kappa shape index (κ3) is 7.24. The first-order valence-corrected chi connectivity index (χ1v) is 11.2. The number of hydrogen-bond donors (Lipinski definition) is 2. The molecule has 0 aliphatic rings. The van der Waals surface area contributed by atoms with Crippen molar-refractivity contribution in [3.63, 3.8) is 0 Å². The molecule has 0 fully saturated rings. The smallest absolute Gasteiger partial charge is 0.229 e. The van der Waals surface area contributed by atoms with Gasteiger partial charge in [-0.2, -0.15) is 5.26 Å². The van der Waals surface area contributed by atoms with Crippen LogP contribution in [0.3, 0.4) is 0 Å². The average molecular weight is 414 g/mol. The molecule has 0 aliphatic carbocycles. The number of nitrogens with one attached hydrogen (secondary N) is 2. The Balaban J connectivity index is 1.90. The van der Waals surface area contributed by atoms with E-state index in [1.165, 1.54) is 11.6 Å². The Bertz CT molecular complexity index is 1010. The predicted octanol–water partition coefficient (Wildman–Crippen LogP) is 3.48. The van der Waals surface area contributed by atoms with Crippen LogP contribution in [-0.4, -0.2) is 20.6 Å². The van der Waals surface area contributed by atoms with E-state index < -0.39 is 10.0 Å². The average Bonchev–Trinajstić information content (AvgIpc) is 2.64. The van der Waals surface area contributed by atoms with Crippen LogP contribution in [0.5, 0.6) is 0 Å². The summed E-state index contributed by atoms with van der Waals surface area (Å²) in [6.07, 6.45) is 2.05. The second-order valence-electron chi connectivity index (χ2n) is 8.09. The molecule has 0 spiro atoms. The Labute approximate surface area is 173 Å². The first-order valence-electron chi connectivity index (χ1n) is 9.35. The number of hydrogen-bond acceptors (Lipinski definition) is 4. The van der Waals surface area contributed by atoms with Crippen LogP contribution >= 0.6 is 0 Å². The molecule has 154 valence electrons. The standard InChI is InChI=1S/C22H27N3O3S/c1-22(2,3)19-9-5-16(6-10-19)8-12-21(26)24-15-17-7-11-20(18(13-17)14-23)25-29(4,27)28/h5-7,9-11,13,25H,8,12,15H2,1-4H3,(H,24,26). The van der Waals surface area contributed by atoms with Crippen LogP contribution in [0.15, 0.2) is 42.5 Å². The number of aryl methyl sites for hydroxylation is 1. The Morgan fingerprint density at radius 3 is 2.24 bits per heavy atom. The molecule has 2 rings (SSSR count). The molecule has 0 saturated heterocycles. The fourth-order valence-electron chi connectivity index (χ4n) is 2.80. The SMILES string of the molecule is CC(C)(C)c1ccc(CCC(=O)NCc2ccc(NS(C)(=O)=O)c(C#N)c2)cc1. The van der Waals surface area contributed by atoms with Gasteiger partial charge in [0.2, 0.25) is 15.9 Å². The number of carbonyl (C=O) groups excluding carboxylic acids is 1. The van der Waals surface area contributed by atoms with Gasteiger partial charge in [0, 0.05) is 13.0 Å². The van der Waals surface area contributed by atoms with Crippen molar-refractivity contribution < 1.29 is 13.2 Å². The van der Waals surface area contributed by atoms with Crippen molar-refractivity contribution >= 4 is 21.6 Å². The first-order chi connectivity index (χ1) is 13.5. The topological polar surface area (TPSA) is 99.1 Å². The summed E-state index contributed by atoms with van der Waals surface area (Å²) in [7, 11) is -3.46. The summed E-state index contributed by atoms with van der Waals surface area (Å²) in [6.45, 7) is 6.76. The summed E-state index contributed by atoms with van der Waals surface area (Å²) < 4.78 is 25.0. The zero-order valence-corrected chi connectivity index (χ0v) is 18.1. The normalized spacial score (nSPS) is 11.6. The number of nitrogens with zero attached hydrogens (tertiary/aromatic N) is 1. The molecule has 0 unspecified atom stereocenters. The second kappa shape index (κ2) is 9.10. The van der Waals surface area contributed by atoms with Crippen molar-refractivity contribution in [3.8, 4) is 6.07 Å². The molecular weight excluding hydrogens is 386 g/mol. The maximum absolute atomic E-state index is 12.2. The van der Waals surface area contributed by atoms with Gasteiger partial charge in [0.25, 0.3) is 0 Å². The highest BCUT2D eigenvalue weighted by molar-refractivity contribution is 7.92. The quantitative estimate of drug-likeness (QED) is 0.726.